The van der Waals surface area contributed by atoms with Gasteiger partial charge < -0.3 is 15.0 Å². The number of fused-ring (bicyclic) bond motifs is 2. The summed E-state index contributed by atoms with van der Waals surface area (Å²) in [5.41, 5.74) is 1.29. The normalized spacial score (nSPS) is 22.6. The van der Waals surface area contributed by atoms with Crippen LogP contribution in [0.25, 0.3) is 0 Å². The molecule has 2 aliphatic rings. The first-order chi connectivity index (χ1) is 14.5. The number of amides is 2. The Hall–Kier alpha value is -2.93. The van der Waals surface area contributed by atoms with Crippen LogP contribution in [0, 0.1) is 5.82 Å². The van der Waals surface area contributed by atoms with Gasteiger partial charge in [0.2, 0.25) is 5.91 Å². The van der Waals surface area contributed by atoms with E-state index in [1.165, 1.54) is 19.2 Å². The number of halogens is 1. The van der Waals surface area contributed by atoms with Crippen LogP contribution in [0.2, 0.25) is 0 Å². The van der Waals surface area contributed by atoms with Gasteiger partial charge in [0, 0.05) is 43.8 Å². The lowest BCUT2D eigenvalue weighted by molar-refractivity contribution is -0.120. The van der Waals surface area contributed by atoms with Gasteiger partial charge in [-0.25, -0.2) is 4.39 Å². The monoisotopic (exact) mass is 411 g/mol. The minimum atomic E-state index is -0.478. The Bertz CT molecular complexity index is 921. The summed E-state index contributed by atoms with van der Waals surface area (Å²) in [5, 5.41) is 2.96. The van der Waals surface area contributed by atoms with Crippen LogP contribution in [0.4, 0.5) is 4.39 Å². The molecule has 1 N–H and O–H groups in total. The third-order valence-corrected chi connectivity index (χ3v) is 5.96. The van der Waals surface area contributed by atoms with Gasteiger partial charge in [-0.2, -0.15) is 0 Å². The molecule has 0 aromatic heterocycles. The fourth-order valence-corrected chi connectivity index (χ4v) is 4.33. The maximum Gasteiger partial charge on any atom is 0.254 e. The second-order valence-corrected chi connectivity index (χ2v) is 7.86. The molecule has 2 heterocycles. The fourth-order valence-electron chi connectivity index (χ4n) is 4.33. The summed E-state index contributed by atoms with van der Waals surface area (Å²) in [6.45, 7) is 2.81. The van der Waals surface area contributed by atoms with Gasteiger partial charge in [-0.05, 0) is 36.2 Å². The van der Waals surface area contributed by atoms with Crippen molar-refractivity contribution in [1.82, 2.24) is 15.1 Å². The third-order valence-electron chi connectivity index (χ3n) is 5.96. The Labute approximate surface area is 175 Å². The van der Waals surface area contributed by atoms with Gasteiger partial charge in [0.15, 0.2) is 11.6 Å². The van der Waals surface area contributed by atoms with Gasteiger partial charge in [-0.15, -0.1) is 0 Å². The van der Waals surface area contributed by atoms with Crippen molar-refractivity contribution in [1.29, 1.82) is 0 Å². The molecular weight excluding hydrogens is 385 g/mol. The van der Waals surface area contributed by atoms with Crippen molar-refractivity contribution in [2.45, 2.75) is 24.9 Å². The molecule has 2 saturated heterocycles. The van der Waals surface area contributed by atoms with Crippen molar-refractivity contribution in [2.75, 3.05) is 33.3 Å². The highest BCUT2D eigenvalue weighted by molar-refractivity contribution is 5.94. The molecule has 7 heteroatoms. The molecule has 0 spiro atoms. The van der Waals surface area contributed by atoms with Crippen molar-refractivity contribution >= 4 is 11.8 Å². The van der Waals surface area contributed by atoms with E-state index in [9.17, 15) is 14.0 Å². The first-order valence-corrected chi connectivity index (χ1v) is 10.2. The Morgan fingerprint density at radius 2 is 1.97 bits per heavy atom. The maximum atomic E-state index is 13.8. The molecule has 6 nitrogen and oxygen atoms in total. The van der Waals surface area contributed by atoms with Crippen LogP contribution in [-0.2, 0) is 11.2 Å². The quantitative estimate of drug-likeness (QED) is 0.791. The molecule has 2 bridgehead atoms. The van der Waals surface area contributed by atoms with Crippen molar-refractivity contribution in [3.8, 4) is 5.75 Å². The molecule has 2 aromatic carbocycles. The van der Waals surface area contributed by atoms with Crippen LogP contribution in [0.3, 0.4) is 0 Å². The van der Waals surface area contributed by atoms with Gasteiger partial charge in [-0.1, -0.05) is 24.3 Å². The van der Waals surface area contributed by atoms with E-state index in [1.807, 2.05) is 35.2 Å². The number of carbonyl (C=O) groups is 2. The second-order valence-electron chi connectivity index (χ2n) is 7.86. The molecule has 0 aliphatic carbocycles. The Morgan fingerprint density at radius 3 is 2.70 bits per heavy atom. The number of hydrogen-bond acceptors (Lipinski definition) is 4. The average molecular weight is 411 g/mol. The van der Waals surface area contributed by atoms with Crippen molar-refractivity contribution in [3.05, 3.63) is 65.5 Å². The number of rotatable bonds is 6. The van der Waals surface area contributed by atoms with Crippen LogP contribution >= 0.6 is 0 Å². The van der Waals surface area contributed by atoms with E-state index < -0.39 is 5.82 Å². The summed E-state index contributed by atoms with van der Waals surface area (Å²) >= 11 is 0. The summed E-state index contributed by atoms with van der Waals surface area (Å²) in [4.78, 5) is 29.7. The van der Waals surface area contributed by atoms with Crippen LogP contribution < -0.4 is 10.1 Å². The molecule has 3 atom stereocenters. The lowest BCUT2D eigenvalue weighted by Crippen LogP contribution is -2.57. The van der Waals surface area contributed by atoms with Crippen LogP contribution in [0.5, 0.6) is 5.75 Å². The number of nitrogens with zero attached hydrogens (tertiary/aromatic N) is 2. The second kappa shape index (κ2) is 8.83. The molecule has 158 valence electrons. The highest BCUT2D eigenvalue weighted by atomic mass is 19.1. The Morgan fingerprint density at radius 1 is 1.17 bits per heavy atom. The molecule has 2 fully saturated rings. The predicted octanol–water partition coefficient (Wildman–Crippen LogP) is 2.09. The van der Waals surface area contributed by atoms with Gasteiger partial charge in [0.05, 0.1) is 13.5 Å². The third kappa shape index (κ3) is 4.31. The van der Waals surface area contributed by atoms with Gasteiger partial charge in [-0.3, -0.25) is 14.5 Å². The zero-order valence-corrected chi connectivity index (χ0v) is 17.0. The van der Waals surface area contributed by atoms with Crippen LogP contribution in [0.15, 0.2) is 48.5 Å². The zero-order chi connectivity index (χ0) is 21.1. The Balaban J connectivity index is 1.35. The lowest BCUT2D eigenvalue weighted by Gasteiger charge is -2.40. The SMILES string of the molecule is COc1ccc(CC(=O)NC[C@H]2CN(C(=O)c3ccccc3)[C@H]3CCN2C3)cc1F. The van der Waals surface area contributed by atoms with E-state index in [0.29, 0.717) is 24.2 Å². The summed E-state index contributed by atoms with van der Waals surface area (Å²) in [7, 11) is 1.41. The van der Waals surface area contributed by atoms with Crippen molar-refractivity contribution < 1.29 is 18.7 Å². The molecule has 2 aromatic rings. The summed E-state index contributed by atoms with van der Waals surface area (Å²) in [6, 6.07) is 14.2. The largest absolute Gasteiger partial charge is 0.494 e. The number of piperazine rings is 1. The highest BCUT2D eigenvalue weighted by Crippen LogP contribution is 2.26. The summed E-state index contributed by atoms with van der Waals surface area (Å²) in [5.74, 6) is -0.435. The Kier molecular flexibility index (Phi) is 5.99. The maximum absolute atomic E-state index is 13.8. The summed E-state index contributed by atoms with van der Waals surface area (Å²) in [6.07, 6.45) is 1.05. The van der Waals surface area contributed by atoms with Gasteiger partial charge in [0.25, 0.3) is 5.91 Å². The highest BCUT2D eigenvalue weighted by Gasteiger charge is 2.40. The predicted molar refractivity (Wildman–Crippen MR) is 111 cm³/mol. The number of methoxy groups -OCH3 is 1. The van der Waals surface area contributed by atoms with Gasteiger partial charge >= 0.3 is 0 Å². The van der Waals surface area contributed by atoms with E-state index in [2.05, 4.69) is 10.2 Å². The van der Waals surface area contributed by atoms with E-state index in [1.54, 1.807) is 6.07 Å². The average Bonchev–Trinajstić information content (AvgIpc) is 3.17. The van der Waals surface area contributed by atoms with E-state index >= 15 is 0 Å². The molecule has 30 heavy (non-hydrogen) atoms. The minimum Gasteiger partial charge on any atom is -0.494 e. The number of ether oxygens (including phenoxy) is 1. The molecule has 4 rings (SSSR count). The number of carbonyl (C=O) groups excluding carboxylic acids is 2. The molecule has 1 unspecified atom stereocenters. The minimum absolute atomic E-state index is 0.0483. The summed E-state index contributed by atoms with van der Waals surface area (Å²) < 4.78 is 18.7. The zero-order valence-electron chi connectivity index (χ0n) is 17.0. The molecule has 2 amide bonds. The smallest absolute Gasteiger partial charge is 0.254 e. The topological polar surface area (TPSA) is 61.9 Å². The van der Waals surface area contributed by atoms with Crippen molar-refractivity contribution in [2.24, 2.45) is 0 Å². The van der Waals surface area contributed by atoms with Crippen LogP contribution in [-0.4, -0.2) is 67.0 Å². The van der Waals surface area contributed by atoms with E-state index in [-0.39, 0.29) is 36.1 Å². The number of benzene rings is 2. The fraction of sp³-hybridized carbons (Fsp3) is 0.391. The lowest BCUT2D eigenvalue weighted by atomic mass is 10.1. The number of nitrogens with one attached hydrogen (secondary N) is 1. The standard InChI is InChI=1S/C23H26FN3O3/c1-30-21-8-7-16(11-20(21)24)12-22(28)25-13-19-15-27(18-9-10-26(19)14-18)23(29)17-5-3-2-4-6-17/h2-8,11,18-19H,9-10,12-15H2,1H3,(H,25,28)/t18-,19-/m0/s1. The van der Waals surface area contributed by atoms with Crippen LogP contribution in [0.1, 0.15) is 22.3 Å². The van der Waals surface area contributed by atoms with E-state index in [0.717, 1.165) is 19.5 Å². The molecule has 0 saturated carbocycles. The van der Waals surface area contributed by atoms with Crippen molar-refractivity contribution in [3.63, 3.8) is 0 Å². The van der Waals surface area contributed by atoms with E-state index in [4.69, 9.17) is 4.74 Å². The number of hydrogen-bond donors (Lipinski definition) is 1. The molecule has 0 radical (unpaired) electrons. The first-order valence-electron chi connectivity index (χ1n) is 10.2. The molecular formula is C23H26FN3O3. The van der Waals surface area contributed by atoms with Gasteiger partial charge in [0.1, 0.15) is 0 Å². The molecule has 2 aliphatic heterocycles. The first kappa shape index (κ1) is 20.3.